The van der Waals surface area contributed by atoms with Gasteiger partial charge in [-0.1, -0.05) is 13.0 Å². The molecule has 1 aromatic rings. The van der Waals surface area contributed by atoms with Crippen molar-refractivity contribution in [3.63, 3.8) is 0 Å². The number of halogens is 1. The van der Waals surface area contributed by atoms with Crippen molar-refractivity contribution in [2.24, 2.45) is 0 Å². The molecule has 0 unspecified atom stereocenters. The van der Waals surface area contributed by atoms with Crippen LogP contribution in [0.1, 0.15) is 30.1 Å². The van der Waals surface area contributed by atoms with Gasteiger partial charge in [0.25, 0.3) is 5.91 Å². The Morgan fingerprint density at radius 1 is 1.44 bits per heavy atom. The Kier molecular flexibility index (Phi) is 3.99. The van der Waals surface area contributed by atoms with Crippen LogP contribution in [0, 0.1) is 5.82 Å². The molecule has 3 N–H and O–H groups in total. The van der Waals surface area contributed by atoms with Gasteiger partial charge >= 0.3 is 0 Å². The van der Waals surface area contributed by atoms with Crippen molar-refractivity contribution in [2.45, 2.75) is 19.8 Å². The number of nitrogen functional groups attached to an aromatic ring is 1. The maximum atomic E-state index is 13.4. The van der Waals surface area contributed by atoms with Crippen LogP contribution in [0.2, 0.25) is 0 Å². The van der Waals surface area contributed by atoms with Gasteiger partial charge in [0.05, 0.1) is 11.3 Å². The van der Waals surface area contributed by atoms with Crippen LogP contribution in [0.25, 0.3) is 0 Å². The van der Waals surface area contributed by atoms with Crippen LogP contribution in [0.4, 0.5) is 10.1 Å². The number of anilines is 1. The van der Waals surface area contributed by atoms with Gasteiger partial charge in [0.2, 0.25) is 5.91 Å². The van der Waals surface area contributed by atoms with Crippen LogP contribution < -0.4 is 11.1 Å². The summed E-state index contributed by atoms with van der Waals surface area (Å²) in [7, 11) is 0. The molecule has 0 radical (unpaired) electrons. The lowest BCUT2D eigenvalue weighted by atomic mass is 10.1. The summed E-state index contributed by atoms with van der Waals surface area (Å²) in [5, 5.41) is 2.09. The smallest absolute Gasteiger partial charge is 0.260 e. The molecular weight excluding hydrogens is 211 g/mol. The van der Waals surface area contributed by atoms with E-state index < -0.39 is 17.6 Å². The fraction of sp³-hybridized carbons (Fsp3) is 0.273. The Labute approximate surface area is 92.6 Å². The molecule has 2 amide bonds. The summed E-state index contributed by atoms with van der Waals surface area (Å²) >= 11 is 0. The zero-order valence-corrected chi connectivity index (χ0v) is 8.92. The van der Waals surface area contributed by atoms with Gasteiger partial charge in [0.15, 0.2) is 5.82 Å². The topological polar surface area (TPSA) is 72.2 Å². The largest absolute Gasteiger partial charge is 0.396 e. The Bertz CT molecular complexity index is 418. The molecule has 0 heterocycles. The van der Waals surface area contributed by atoms with Gasteiger partial charge in [0.1, 0.15) is 0 Å². The van der Waals surface area contributed by atoms with Crippen LogP contribution >= 0.6 is 0 Å². The summed E-state index contributed by atoms with van der Waals surface area (Å²) < 4.78 is 13.4. The lowest BCUT2D eigenvalue weighted by molar-refractivity contribution is -0.120. The molecule has 4 nitrogen and oxygen atoms in total. The second-order valence-electron chi connectivity index (χ2n) is 3.34. The monoisotopic (exact) mass is 224 g/mol. The van der Waals surface area contributed by atoms with Crippen molar-refractivity contribution in [1.29, 1.82) is 0 Å². The fourth-order valence-electron chi connectivity index (χ4n) is 1.21. The van der Waals surface area contributed by atoms with Gasteiger partial charge in [-0.25, -0.2) is 4.39 Å². The highest BCUT2D eigenvalue weighted by atomic mass is 19.1. The molecule has 0 aliphatic carbocycles. The van der Waals surface area contributed by atoms with Crippen LogP contribution in [0.3, 0.4) is 0 Å². The first-order valence-electron chi connectivity index (χ1n) is 4.94. The Balaban J connectivity index is 2.81. The van der Waals surface area contributed by atoms with E-state index in [9.17, 15) is 14.0 Å². The summed E-state index contributed by atoms with van der Waals surface area (Å²) in [5.41, 5.74) is 4.97. The molecule has 1 rings (SSSR count). The predicted octanol–water partition coefficient (Wildman–Crippen LogP) is 1.46. The number of carbonyl (C=O) groups excluding carboxylic acids is 2. The highest BCUT2D eigenvalue weighted by molar-refractivity contribution is 6.05. The molecule has 0 fully saturated rings. The first kappa shape index (κ1) is 12.2. The number of rotatable bonds is 3. The second-order valence-corrected chi connectivity index (χ2v) is 3.34. The molecule has 16 heavy (non-hydrogen) atoms. The van der Waals surface area contributed by atoms with Crippen molar-refractivity contribution >= 4 is 17.5 Å². The summed E-state index contributed by atoms with van der Waals surface area (Å²) in [4.78, 5) is 22.6. The number of nitrogens with two attached hydrogens (primary N) is 1. The summed E-state index contributed by atoms with van der Waals surface area (Å²) in [6.07, 6.45) is 0.855. The average Bonchev–Trinajstić information content (AvgIpc) is 2.22. The molecule has 86 valence electrons. The maximum absolute atomic E-state index is 13.4. The first-order chi connectivity index (χ1) is 7.56. The van der Waals surface area contributed by atoms with Crippen LogP contribution in [0.15, 0.2) is 18.2 Å². The first-order valence-corrected chi connectivity index (χ1v) is 4.94. The lowest BCUT2D eigenvalue weighted by Gasteiger charge is -2.05. The van der Waals surface area contributed by atoms with Crippen molar-refractivity contribution in [1.82, 2.24) is 5.32 Å². The average molecular weight is 224 g/mol. The number of nitrogens with one attached hydrogen (secondary N) is 1. The quantitative estimate of drug-likeness (QED) is 0.763. The van der Waals surface area contributed by atoms with E-state index in [-0.39, 0.29) is 17.7 Å². The van der Waals surface area contributed by atoms with E-state index in [4.69, 9.17) is 5.73 Å². The van der Waals surface area contributed by atoms with Crippen LogP contribution in [-0.4, -0.2) is 11.8 Å². The minimum atomic E-state index is -0.802. The van der Waals surface area contributed by atoms with E-state index in [1.54, 1.807) is 0 Å². The van der Waals surface area contributed by atoms with E-state index in [1.165, 1.54) is 18.2 Å². The summed E-state index contributed by atoms with van der Waals surface area (Å²) in [6, 6.07) is 4.08. The molecule has 0 saturated carbocycles. The molecule has 5 heteroatoms. The maximum Gasteiger partial charge on any atom is 0.260 e. The molecule has 0 atom stereocenters. The van der Waals surface area contributed by atoms with Gasteiger partial charge in [-0.3, -0.25) is 14.9 Å². The minimum absolute atomic E-state index is 0.115. The zero-order valence-electron chi connectivity index (χ0n) is 8.92. The molecule has 0 aliphatic rings. The van der Waals surface area contributed by atoms with E-state index in [2.05, 4.69) is 5.32 Å². The molecule has 0 bridgehead atoms. The number of carbonyl (C=O) groups is 2. The lowest BCUT2D eigenvalue weighted by Crippen LogP contribution is -2.30. The van der Waals surface area contributed by atoms with E-state index >= 15 is 0 Å². The number of amides is 2. The van der Waals surface area contributed by atoms with Gasteiger partial charge in [0, 0.05) is 6.42 Å². The third-order valence-corrected chi connectivity index (χ3v) is 2.00. The molecule has 0 spiro atoms. The number of benzene rings is 1. The van der Waals surface area contributed by atoms with E-state index in [0.717, 1.165) is 0 Å². The molecule has 0 aromatic heterocycles. The normalized spacial score (nSPS) is 9.88. The standard InChI is InChI=1S/C11H13FN2O2/c1-2-4-9(15)14-11(16)7-5-3-6-8(13)10(7)12/h3,5-6H,2,4,13H2,1H3,(H,14,15,16). The highest BCUT2D eigenvalue weighted by Gasteiger charge is 2.15. The van der Waals surface area contributed by atoms with Gasteiger partial charge < -0.3 is 5.73 Å². The van der Waals surface area contributed by atoms with Crippen LogP contribution in [0.5, 0.6) is 0 Å². The van der Waals surface area contributed by atoms with Gasteiger partial charge in [-0.2, -0.15) is 0 Å². The second kappa shape index (κ2) is 5.25. The van der Waals surface area contributed by atoms with E-state index in [0.29, 0.717) is 6.42 Å². The zero-order chi connectivity index (χ0) is 12.1. The Morgan fingerprint density at radius 3 is 2.75 bits per heavy atom. The van der Waals surface area contributed by atoms with Crippen LogP contribution in [-0.2, 0) is 4.79 Å². The summed E-state index contributed by atoms with van der Waals surface area (Å²) in [6.45, 7) is 1.81. The Morgan fingerprint density at radius 2 is 2.12 bits per heavy atom. The van der Waals surface area contributed by atoms with Crippen molar-refractivity contribution < 1.29 is 14.0 Å². The third kappa shape index (κ3) is 2.79. The number of hydrogen-bond acceptors (Lipinski definition) is 3. The van der Waals surface area contributed by atoms with Gasteiger partial charge in [-0.05, 0) is 18.6 Å². The molecule has 0 saturated heterocycles. The fourth-order valence-corrected chi connectivity index (χ4v) is 1.21. The van der Waals surface area contributed by atoms with Crippen molar-refractivity contribution in [3.05, 3.63) is 29.6 Å². The SMILES string of the molecule is CCCC(=O)NC(=O)c1cccc(N)c1F. The highest BCUT2D eigenvalue weighted by Crippen LogP contribution is 2.14. The molecule has 1 aromatic carbocycles. The predicted molar refractivity (Wildman–Crippen MR) is 58.2 cm³/mol. The number of hydrogen-bond donors (Lipinski definition) is 2. The molecular formula is C11H13FN2O2. The van der Waals surface area contributed by atoms with Crippen molar-refractivity contribution in [3.8, 4) is 0 Å². The third-order valence-electron chi connectivity index (χ3n) is 2.00. The van der Waals surface area contributed by atoms with Crippen molar-refractivity contribution in [2.75, 3.05) is 5.73 Å². The Hall–Kier alpha value is -1.91. The number of imide groups is 1. The molecule has 0 aliphatic heterocycles. The summed E-state index contributed by atoms with van der Waals surface area (Å²) in [5.74, 6) is -1.98. The van der Waals surface area contributed by atoms with Gasteiger partial charge in [-0.15, -0.1) is 0 Å². The van der Waals surface area contributed by atoms with E-state index in [1.807, 2.05) is 6.92 Å². The minimum Gasteiger partial charge on any atom is -0.396 e.